The maximum absolute atomic E-state index is 11.8. The van der Waals surface area contributed by atoms with Crippen molar-refractivity contribution in [3.05, 3.63) is 0 Å². The van der Waals surface area contributed by atoms with Crippen LogP contribution in [0.5, 0.6) is 0 Å². The van der Waals surface area contributed by atoms with E-state index in [-0.39, 0.29) is 12.6 Å². The fourth-order valence-electron chi connectivity index (χ4n) is 1.55. The molecule has 6 heteroatoms. The summed E-state index contributed by atoms with van der Waals surface area (Å²) in [7, 11) is 0. The largest absolute Gasteiger partial charge is 0.444 e. The van der Waals surface area contributed by atoms with E-state index in [0.717, 1.165) is 0 Å². The molecule has 1 rings (SSSR count). The van der Waals surface area contributed by atoms with Gasteiger partial charge in [-0.1, -0.05) is 0 Å². The van der Waals surface area contributed by atoms with Crippen LogP contribution in [0.2, 0.25) is 0 Å². The predicted octanol–water partition coefficient (Wildman–Crippen LogP) is -0.0581. The van der Waals surface area contributed by atoms with Gasteiger partial charge in [0.1, 0.15) is 11.7 Å². The van der Waals surface area contributed by atoms with Gasteiger partial charge < -0.3 is 25.2 Å². The molecule has 1 fully saturated rings. The van der Waals surface area contributed by atoms with Crippen molar-refractivity contribution in [3.8, 4) is 0 Å². The van der Waals surface area contributed by atoms with Crippen LogP contribution in [0.3, 0.4) is 0 Å². The highest BCUT2D eigenvalue weighted by Gasteiger charge is 2.31. The second-order valence-electron chi connectivity index (χ2n) is 5.14. The number of aliphatic hydroxyl groups is 1. The Morgan fingerprint density at radius 1 is 1.65 bits per heavy atom. The van der Waals surface area contributed by atoms with Crippen molar-refractivity contribution >= 4 is 6.09 Å². The van der Waals surface area contributed by atoms with Crippen LogP contribution in [0.25, 0.3) is 0 Å². The molecule has 17 heavy (non-hydrogen) atoms. The second-order valence-corrected chi connectivity index (χ2v) is 5.14. The first kappa shape index (κ1) is 14.2. The van der Waals surface area contributed by atoms with Gasteiger partial charge >= 0.3 is 6.09 Å². The molecule has 3 N–H and O–H groups in total. The summed E-state index contributed by atoms with van der Waals surface area (Å²) in [4.78, 5) is 13.3. The highest BCUT2D eigenvalue weighted by Crippen LogP contribution is 2.14. The van der Waals surface area contributed by atoms with Crippen LogP contribution < -0.4 is 5.73 Å². The number of nitrogens with two attached hydrogens (primary N) is 1. The van der Waals surface area contributed by atoms with Crippen molar-refractivity contribution in [1.82, 2.24) is 4.90 Å². The molecule has 0 aliphatic carbocycles. The van der Waals surface area contributed by atoms with Crippen LogP contribution in [0, 0.1) is 0 Å². The summed E-state index contributed by atoms with van der Waals surface area (Å²) in [6.45, 7) is 6.75. The van der Waals surface area contributed by atoms with Crippen molar-refractivity contribution in [1.29, 1.82) is 0 Å². The molecule has 1 saturated heterocycles. The van der Waals surface area contributed by atoms with E-state index in [1.807, 2.05) is 20.8 Å². The van der Waals surface area contributed by atoms with Gasteiger partial charge in [0.15, 0.2) is 0 Å². The summed E-state index contributed by atoms with van der Waals surface area (Å²) < 4.78 is 10.6. The lowest BCUT2D eigenvalue weighted by Crippen LogP contribution is -2.52. The molecule has 0 aromatic carbocycles. The smallest absolute Gasteiger partial charge is 0.410 e. The Balaban J connectivity index is 2.52. The third-order valence-electron chi connectivity index (χ3n) is 2.42. The van der Waals surface area contributed by atoms with Crippen molar-refractivity contribution in [3.63, 3.8) is 0 Å². The SMILES string of the molecule is CC(C)(C)OC(=O)N1CCO[C@H](C(O)CN)C1. The fraction of sp³-hybridized carbons (Fsp3) is 0.909. The minimum Gasteiger partial charge on any atom is -0.444 e. The zero-order chi connectivity index (χ0) is 13.1. The van der Waals surface area contributed by atoms with Gasteiger partial charge in [0.25, 0.3) is 0 Å². The molecule has 0 aromatic rings. The molecule has 0 saturated carbocycles. The Morgan fingerprint density at radius 2 is 2.29 bits per heavy atom. The molecule has 1 aliphatic heterocycles. The van der Waals surface area contributed by atoms with Gasteiger partial charge in [-0.15, -0.1) is 0 Å². The van der Waals surface area contributed by atoms with Gasteiger partial charge in [-0.05, 0) is 20.8 Å². The lowest BCUT2D eigenvalue weighted by molar-refractivity contribution is -0.0864. The number of hydrogen-bond donors (Lipinski definition) is 2. The molecule has 1 aliphatic rings. The molecule has 1 heterocycles. The number of nitrogens with zero attached hydrogens (tertiary/aromatic N) is 1. The maximum Gasteiger partial charge on any atom is 0.410 e. The molecule has 0 bridgehead atoms. The number of ether oxygens (including phenoxy) is 2. The number of carbonyl (C=O) groups is 1. The van der Waals surface area contributed by atoms with Gasteiger partial charge in [-0.25, -0.2) is 4.79 Å². The predicted molar refractivity (Wildman–Crippen MR) is 62.6 cm³/mol. The van der Waals surface area contributed by atoms with E-state index in [1.54, 1.807) is 0 Å². The summed E-state index contributed by atoms with van der Waals surface area (Å²) in [5.41, 5.74) is 4.84. The Hall–Kier alpha value is -0.850. The van der Waals surface area contributed by atoms with Crippen LogP contribution in [0.1, 0.15) is 20.8 Å². The van der Waals surface area contributed by atoms with Crippen LogP contribution in [-0.2, 0) is 9.47 Å². The summed E-state index contributed by atoms with van der Waals surface area (Å²) in [5, 5.41) is 9.59. The summed E-state index contributed by atoms with van der Waals surface area (Å²) >= 11 is 0. The van der Waals surface area contributed by atoms with Crippen molar-refractivity contribution in [2.75, 3.05) is 26.2 Å². The number of hydrogen-bond acceptors (Lipinski definition) is 5. The lowest BCUT2D eigenvalue weighted by Gasteiger charge is -2.35. The van der Waals surface area contributed by atoms with Crippen LogP contribution in [0.15, 0.2) is 0 Å². The van der Waals surface area contributed by atoms with Crippen molar-refractivity contribution < 1.29 is 19.4 Å². The Labute approximate surface area is 102 Å². The Bertz CT molecular complexity index is 265. The second kappa shape index (κ2) is 5.66. The number of amides is 1. The topological polar surface area (TPSA) is 85.0 Å². The summed E-state index contributed by atoms with van der Waals surface area (Å²) in [6.07, 6.45) is -1.56. The van der Waals surface area contributed by atoms with Crippen molar-refractivity contribution in [2.45, 2.75) is 38.6 Å². The third kappa shape index (κ3) is 4.49. The van der Waals surface area contributed by atoms with Gasteiger partial charge in [-0.2, -0.15) is 0 Å². The van der Waals surface area contributed by atoms with Gasteiger partial charge in [-0.3, -0.25) is 0 Å². The molecule has 0 spiro atoms. The van der Waals surface area contributed by atoms with E-state index in [0.29, 0.717) is 19.7 Å². The van der Waals surface area contributed by atoms with E-state index >= 15 is 0 Å². The van der Waals surface area contributed by atoms with Gasteiger partial charge in [0.05, 0.1) is 19.3 Å². The molecule has 100 valence electrons. The highest BCUT2D eigenvalue weighted by atomic mass is 16.6. The molecule has 1 amide bonds. The molecule has 0 aromatic heterocycles. The standard InChI is InChI=1S/C11H22N2O4/c1-11(2,3)17-10(15)13-4-5-16-9(7-13)8(14)6-12/h8-9,14H,4-7,12H2,1-3H3/t8?,9-/m0/s1. The van der Waals surface area contributed by atoms with E-state index in [4.69, 9.17) is 15.2 Å². The average Bonchev–Trinajstić information content (AvgIpc) is 2.26. The highest BCUT2D eigenvalue weighted by molar-refractivity contribution is 5.68. The minimum absolute atomic E-state index is 0.118. The summed E-state index contributed by atoms with van der Waals surface area (Å²) in [5.74, 6) is 0. The average molecular weight is 246 g/mol. The van der Waals surface area contributed by atoms with Crippen LogP contribution >= 0.6 is 0 Å². The van der Waals surface area contributed by atoms with Crippen LogP contribution in [-0.4, -0.2) is 60.1 Å². The number of aliphatic hydroxyl groups excluding tert-OH is 1. The molecular formula is C11H22N2O4. The lowest BCUT2D eigenvalue weighted by atomic mass is 10.1. The number of rotatable bonds is 2. The van der Waals surface area contributed by atoms with E-state index in [9.17, 15) is 9.90 Å². The van der Waals surface area contributed by atoms with Gasteiger partial charge in [0, 0.05) is 13.1 Å². The first-order valence-corrected chi connectivity index (χ1v) is 5.81. The normalized spacial score (nSPS) is 23.4. The monoisotopic (exact) mass is 246 g/mol. The zero-order valence-corrected chi connectivity index (χ0v) is 10.7. The number of carbonyl (C=O) groups excluding carboxylic acids is 1. The van der Waals surface area contributed by atoms with E-state index in [1.165, 1.54) is 4.90 Å². The van der Waals surface area contributed by atoms with E-state index in [2.05, 4.69) is 0 Å². The zero-order valence-electron chi connectivity index (χ0n) is 10.7. The minimum atomic E-state index is -0.750. The molecule has 6 nitrogen and oxygen atoms in total. The van der Waals surface area contributed by atoms with Gasteiger partial charge in [0.2, 0.25) is 0 Å². The van der Waals surface area contributed by atoms with E-state index < -0.39 is 17.8 Å². The molecule has 0 radical (unpaired) electrons. The fourth-order valence-corrected chi connectivity index (χ4v) is 1.55. The summed E-state index contributed by atoms with van der Waals surface area (Å²) in [6, 6.07) is 0. The van der Waals surface area contributed by atoms with Crippen LogP contribution in [0.4, 0.5) is 4.79 Å². The number of morpholine rings is 1. The molecular weight excluding hydrogens is 224 g/mol. The quantitative estimate of drug-likeness (QED) is 0.713. The maximum atomic E-state index is 11.8. The van der Waals surface area contributed by atoms with Crippen molar-refractivity contribution in [2.24, 2.45) is 5.73 Å². The first-order chi connectivity index (χ1) is 7.83. The molecule has 2 atom stereocenters. The third-order valence-corrected chi connectivity index (χ3v) is 2.42. The Kier molecular flexibility index (Phi) is 4.73. The molecule has 1 unspecified atom stereocenters. The first-order valence-electron chi connectivity index (χ1n) is 5.81. The Morgan fingerprint density at radius 3 is 2.82 bits per heavy atom.